The standard InChI is InChI=1S/C12H16ClFN2O/c1-12(2,6-10(15)17)16-7-8-4-3-5-9(13)11(8)14/h3-5,16H,6-7H2,1-2H3,(H2,15,17). The maximum atomic E-state index is 13.6. The molecule has 0 aliphatic heterocycles. The van der Waals surface area contributed by atoms with E-state index in [0.717, 1.165) is 0 Å². The molecule has 94 valence electrons. The first-order chi connectivity index (χ1) is 7.82. The van der Waals surface area contributed by atoms with Gasteiger partial charge < -0.3 is 11.1 Å². The fraction of sp³-hybridized carbons (Fsp3) is 0.417. The molecule has 5 heteroatoms. The molecule has 1 rings (SSSR count). The van der Waals surface area contributed by atoms with Gasteiger partial charge in [0.25, 0.3) is 0 Å². The largest absolute Gasteiger partial charge is 0.370 e. The summed E-state index contributed by atoms with van der Waals surface area (Å²) in [5.41, 5.74) is 5.12. The Morgan fingerprint density at radius 3 is 2.76 bits per heavy atom. The number of benzene rings is 1. The predicted molar refractivity (Wildman–Crippen MR) is 66.1 cm³/mol. The van der Waals surface area contributed by atoms with Crippen LogP contribution in [0.15, 0.2) is 18.2 Å². The monoisotopic (exact) mass is 258 g/mol. The van der Waals surface area contributed by atoms with Crippen LogP contribution in [0, 0.1) is 5.82 Å². The van der Waals surface area contributed by atoms with Crippen molar-refractivity contribution >= 4 is 17.5 Å². The topological polar surface area (TPSA) is 55.1 Å². The van der Waals surface area contributed by atoms with Crippen molar-refractivity contribution in [2.24, 2.45) is 5.73 Å². The number of amides is 1. The highest BCUT2D eigenvalue weighted by Gasteiger charge is 2.20. The molecule has 0 unspecified atom stereocenters. The number of hydrogen-bond acceptors (Lipinski definition) is 2. The first-order valence-corrected chi connectivity index (χ1v) is 5.66. The van der Waals surface area contributed by atoms with Gasteiger partial charge >= 0.3 is 0 Å². The molecule has 3 nitrogen and oxygen atoms in total. The van der Waals surface area contributed by atoms with E-state index in [1.54, 1.807) is 12.1 Å². The van der Waals surface area contributed by atoms with E-state index in [2.05, 4.69) is 5.32 Å². The highest BCUT2D eigenvalue weighted by Crippen LogP contribution is 2.18. The Labute approximate surface area is 105 Å². The molecule has 0 aromatic heterocycles. The van der Waals surface area contributed by atoms with E-state index in [0.29, 0.717) is 12.1 Å². The lowest BCUT2D eigenvalue weighted by molar-refractivity contribution is -0.119. The van der Waals surface area contributed by atoms with Crippen LogP contribution in [0.25, 0.3) is 0 Å². The minimum Gasteiger partial charge on any atom is -0.370 e. The summed E-state index contributed by atoms with van der Waals surface area (Å²) in [6.45, 7) is 3.97. The Bertz CT molecular complexity index is 421. The van der Waals surface area contributed by atoms with Gasteiger partial charge in [0, 0.05) is 24.1 Å². The average Bonchev–Trinajstić information content (AvgIpc) is 2.18. The molecule has 3 N–H and O–H groups in total. The van der Waals surface area contributed by atoms with Gasteiger partial charge in [0.1, 0.15) is 5.82 Å². The molecule has 0 atom stereocenters. The summed E-state index contributed by atoms with van der Waals surface area (Å²) in [5, 5.41) is 3.17. The van der Waals surface area contributed by atoms with Crippen molar-refractivity contribution in [1.29, 1.82) is 0 Å². The van der Waals surface area contributed by atoms with Gasteiger partial charge in [-0.3, -0.25) is 4.79 Å². The fourth-order valence-electron chi connectivity index (χ4n) is 1.52. The van der Waals surface area contributed by atoms with Crippen LogP contribution in [0.4, 0.5) is 4.39 Å². The summed E-state index contributed by atoms with van der Waals surface area (Å²) in [4.78, 5) is 10.8. The number of primary amides is 1. The number of nitrogens with one attached hydrogen (secondary N) is 1. The van der Waals surface area contributed by atoms with Crippen molar-refractivity contribution < 1.29 is 9.18 Å². The molecule has 0 spiro atoms. The summed E-state index contributed by atoms with van der Waals surface area (Å²) < 4.78 is 13.6. The summed E-state index contributed by atoms with van der Waals surface area (Å²) in [6, 6.07) is 4.83. The zero-order valence-electron chi connectivity index (χ0n) is 9.89. The lowest BCUT2D eigenvalue weighted by atomic mass is 10.00. The van der Waals surface area contributed by atoms with Gasteiger partial charge in [-0.2, -0.15) is 0 Å². The zero-order valence-corrected chi connectivity index (χ0v) is 10.6. The van der Waals surface area contributed by atoms with E-state index in [1.807, 2.05) is 13.8 Å². The van der Waals surface area contributed by atoms with Gasteiger partial charge in [0.2, 0.25) is 5.91 Å². The number of hydrogen-bond donors (Lipinski definition) is 2. The minimum atomic E-state index is -0.472. The molecule has 17 heavy (non-hydrogen) atoms. The number of carbonyl (C=O) groups is 1. The van der Waals surface area contributed by atoms with Crippen LogP contribution >= 0.6 is 11.6 Å². The predicted octanol–water partition coefficient (Wildman–Crippen LogP) is 2.22. The Balaban J connectivity index is 2.67. The molecule has 0 aliphatic carbocycles. The molecule has 1 amide bonds. The van der Waals surface area contributed by atoms with Gasteiger partial charge in [0.05, 0.1) is 5.02 Å². The zero-order chi connectivity index (χ0) is 13.1. The van der Waals surface area contributed by atoms with Crippen LogP contribution in [0.2, 0.25) is 5.02 Å². The third kappa shape index (κ3) is 4.32. The number of nitrogens with two attached hydrogens (primary N) is 1. The summed E-state index contributed by atoms with van der Waals surface area (Å²) in [7, 11) is 0. The fourth-order valence-corrected chi connectivity index (χ4v) is 1.71. The van der Waals surface area contributed by atoms with Crippen molar-refractivity contribution in [2.75, 3.05) is 0 Å². The highest BCUT2D eigenvalue weighted by molar-refractivity contribution is 6.30. The average molecular weight is 259 g/mol. The molecule has 0 fully saturated rings. The summed E-state index contributed by atoms with van der Waals surface area (Å²) in [6.07, 6.45) is 0.190. The summed E-state index contributed by atoms with van der Waals surface area (Å²) in [5.74, 6) is -0.828. The lowest BCUT2D eigenvalue weighted by Gasteiger charge is -2.25. The third-order valence-corrected chi connectivity index (χ3v) is 2.70. The Hall–Kier alpha value is -1.13. The molecular formula is C12H16ClFN2O. The Morgan fingerprint density at radius 2 is 2.18 bits per heavy atom. The van der Waals surface area contributed by atoms with Crippen molar-refractivity contribution in [3.05, 3.63) is 34.6 Å². The van der Waals surface area contributed by atoms with Crippen molar-refractivity contribution in [1.82, 2.24) is 5.32 Å². The van der Waals surface area contributed by atoms with Crippen molar-refractivity contribution in [3.8, 4) is 0 Å². The molecule has 0 bridgehead atoms. The van der Waals surface area contributed by atoms with Gasteiger partial charge in [-0.05, 0) is 19.9 Å². The van der Waals surface area contributed by atoms with Gasteiger partial charge in [-0.25, -0.2) is 4.39 Å². The number of carbonyl (C=O) groups excluding carboxylic acids is 1. The number of halogens is 2. The molecule has 0 saturated carbocycles. The van der Waals surface area contributed by atoms with E-state index in [4.69, 9.17) is 17.3 Å². The molecule has 0 heterocycles. The van der Waals surface area contributed by atoms with Crippen LogP contribution in [-0.4, -0.2) is 11.4 Å². The minimum absolute atomic E-state index is 0.0945. The van der Waals surface area contributed by atoms with Crippen molar-refractivity contribution in [3.63, 3.8) is 0 Å². The van der Waals surface area contributed by atoms with Crippen LogP contribution in [0.3, 0.4) is 0 Å². The van der Waals surface area contributed by atoms with Gasteiger partial charge in [-0.1, -0.05) is 23.7 Å². The van der Waals surface area contributed by atoms with Crippen LogP contribution < -0.4 is 11.1 Å². The molecule has 0 aliphatic rings. The second kappa shape index (κ2) is 5.47. The van der Waals surface area contributed by atoms with Crippen LogP contribution in [-0.2, 0) is 11.3 Å². The normalized spacial score (nSPS) is 11.5. The Kier molecular flexibility index (Phi) is 4.48. The smallest absolute Gasteiger partial charge is 0.219 e. The third-order valence-electron chi connectivity index (χ3n) is 2.41. The van der Waals surface area contributed by atoms with E-state index >= 15 is 0 Å². The molecular weight excluding hydrogens is 243 g/mol. The molecule has 1 aromatic rings. The van der Waals surface area contributed by atoms with E-state index < -0.39 is 17.3 Å². The molecule has 0 radical (unpaired) electrons. The maximum Gasteiger partial charge on any atom is 0.219 e. The van der Waals surface area contributed by atoms with E-state index in [9.17, 15) is 9.18 Å². The maximum absolute atomic E-state index is 13.6. The van der Waals surface area contributed by atoms with Gasteiger partial charge in [0.15, 0.2) is 0 Å². The van der Waals surface area contributed by atoms with E-state index in [1.165, 1.54) is 6.07 Å². The van der Waals surface area contributed by atoms with Crippen molar-refractivity contribution in [2.45, 2.75) is 32.4 Å². The quantitative estimate of drug-likeness (QED) is 0.851. The second-order valence-corrected chi connectivity index (χ2v) is 5.00. The number of rotatable bonds is 5. The van der Waals surface area contributed by atoms with Crippen LogP contribution in [0.1, 0.15) is 25.8 Å². The molecule has 0 saturated heterocycles. The first-order valence-electron chi connectivity index (χ1n) is 5.28. The Morgan fingerprint density at radius 1 is 1.53 bits per heavy atom. The highest BCUT2D eigenvalue weighted by atomic mass is 35.5. The van der Waals surface area contributed by atoms with E-state index in [-0.39, 0.29) is 11.4 Å². The SMILES string of the molecule is CC(C)(CC(N)=O)NCc1cccc(Cl)c1F. The molecule has 1 aromatic carbocycles. The first kappa shape index (κ1) is 13.9. The summed E-state index contributed by atoms with van der Waals surface area (Å²) >= 11 is 5.67. The van der Waals surface area contributed by atoms with Gasteiger partial charge in [-0.15, -0.1) is 0 Å². The van der Waals surface area contributed by atoms with Crippen LogP contribution in [0.5, 0.6) is 0 Å². The lowest BCUT2D eigenvalue weighted by Crippen LogP contribution is -2.42. The second-order valence-electron chi connectivity index (χ2n) is 4.59.